The van der Waals surface area contributed by atoms with Crippen LogP contribution in [0.4, 0.5) is 5.69 Å². The Kier molecular flexibility index (Phi) is 7.21. The fourth-order valence-corrected chi connectivity index (χ4v) is 5.04. The molecule has 5 aromatic rings. The molecule has 0 radical (unpaired) electrons. The predicted molar refractivity (Wildman–Crippen MR) is 139 cm³/mol. The number of anilines is 1. The zero-order valence-electron chi connectivity index (χ0n) is 18.9. The average Bonchev–Trinajstić information content (AvgIpc) is 3.41. The van der Waals surface area contributed by atoms with Gasteiger partial charge in [-0.2, -0.15) is 43.1 Å². The molecule has 0 aliphatic carbocycles. The van der Waals surface area contributed by atoms with Crippen molar-refractivity contribution >= 4 is 39.3 Å². The number of benzene rings is 4. The van der Waals surface area contributed by atoms with E-state index in [1.807, 2.05) is 30.3 Å². The first kappa shape index (κ1) is 24.2. The van der Waals surface area contributed by atoms with Gasteiger partial charge in [0.05, 0.1) is 0 Å². The van der Waals surface area contributed by atoms with E-state index < -0.39 is 0 Å². The maximum absolute atomic E-state index is 3.51. The monoisotopic (exact) mass is 640 g/mol. The summed E-state index contributed by atoms with van der Waals surface area (Å²) in [5, 5.41) is 2.47. The summed E-state index contributed by atoms with van der Waals surface area (Å²) >= 11 is 1.74. The largest absolute Gasteiger partial charge is 4.00 e. The van der Waals surface area contributed by atoms with Gasteiger partial charge in [-0.05, 0) is 49.1 Å². The summed E-state index contributed by atoms with van der Waals surface area (Å²) in [7, 11) is 2.03. The molecule has 3 nitrogen and oxygen atoms in total. The van der Waals surface area contributed by atoms with Crippen molar-refractivity contribution in [2.24, 2.45) is 0 Å². The third-order valence-corrected chi connectivity index (χ3v) is 6.57. The van der Waals surface area contributed by atoms with E-state index in [-0.39, 0.29) is 28.5 Å². The van der Waals surface area contributed by atoms with Gasteiger partial charge in [-0.1, -0.05) is 35.5 Å². The minimum Gasteiger partial charge on any atom is -0.510 e. The molecular weight excluding hydrogens is 617 g/mol. The Hall–Kier alpha value is -2.94. The van der Waals surface area contributed by atoms with Gasteiger partial charge in [0.2, 0.25) is 0 Å². The van der Waals surface area contributed by atoms with E-state index in [1.54, 1.807) is 11.8 Å². The maximum Gasteiger partial charge on any atom is 4.00 e. The first-order valence-electron chi connectivity index (χ1n) is 10.5. The van der Waals surface area contributed by atoms with Gasteiger partial charge in [-0.15, -0.1) is 34.2 Å². The second-order valence-electron chi connectivity index (χ2n) is 7.78. The minimum absolute atomic E-state index is 0. The normalized spacial score (nSPS) is 12.7. The summed E-state index contributed by atoms with van der Waals surface area (Å²) in [5.41, 5.74) is 4.52. The van der Waals surface area contributed by atoms with Gasteiger partial charge in [0, 0.05) is 16.1 Å². The molecule has 0 saturated carbocycles. The molecule has 0 amide bonds. The molecule has 0 fully saturated rings. The molecule has 1 aliphatic rings. The molecule has 34 heavy (non-hydrogen) atoms. The standard InChI is InChI=1S/C28H20N3S.CH3.Pt/c1-29-16-17-30(20-29)22-10-7-11-23(18-22)32-24-14-15-28-26(19-24)25-12-5-6-13-27(25)31(28)21-8-3-2-4-9-21;;/h2-8,10-13,15-20H,1H3;1H3;/q-3;-1;+4. The van der Waals surface area contributed by atoms with E-state index in [4.69, 9.17) is 0 Å². The summed E-state index contributed by atoms with van der Waals surface area (Å²) < 4.78 is 2.27. The van der Waals surface area contributed by atoms with Crippen LogP contribution in [0.2, 0.25) is 0 Å². The van der Waals surface area contributed by atoms with Crippen LogP contribution in [0.5, 0.6) is 0 Å². The van der Waals surface area contributed by atoms with Crippen LogP contribution in [0.25, 0.3) is 27.5 Å². The van der Waals surface area contributed by atoms with Crippen LogP contribution < -0.4 is 4.90 Å². The number of para-hydroxylation sites is 2. The zero-order chi connectivity index (χ0) is 21.5. The molecule has 170 valence electrons. The van der Waals surface area contributed by atoms with Gasteiger partial charge < -0.3 is 21.8 Å². The van der Waals surface area contributed by atoms with Crippen molar-refractivity contribution in [1.82, 2.24) is 9.47 Å². The van der Waals surface area contributed by atoms with Crippen molar-refractivity contribution in [1.29, 1.82) is 0 Å². The second kappa shape index (κ2) is 10.1. The number of aromatic nitrogens is 1. The Balaban J connectivity index is 0.00000137. The molecule has 0 saturated heterocycles. The maximum atomic E-state index is 3.51. The molecule has 1 aliphatic heterocycles. The fraction of sp³-hybridized carbons (Fsp3) is 0.0345. The summed E-state index contributed by atoms with van der Waals surface area (Å²) in [6.45, 7) is 2.07. The molecule has 4 aromatic carbocycles. The summed E-state index contributed by atoms with van der Waals surface area (Å²) in [5.74, 6) is 0. The quantitative estimate of drug-likeness (QED) is 0.191. The second-order valence-corrected chi connectivity index (χ2v) is 8.90. The topological polar surface area (TPSA) is 11.4 Å². The van der Waals surface area contributed by atoms with Gasteiger partial charge in [0.25, 0.3) is 0 Å². The number of nitrogens with zero attached hydrogens (tertiary/aromatic N) is 3. The summed E-state index contributed by atoms with van der Waals surface area (Å²) in [6.07, 6.45) is 4.11. The van der Waals surface area contributed by atoms with Crippen LogP contribution in [0, 0.1) is 26.2 Å². The molecule has 1 aromatic heterocycles. The van der Waals surface area contributed by atoms with Crippen molar-refractivity contribution < 1.29 is 21.1 Å². The first-order valence-corrected chi connectivity index (χ1v) is 11.3. The Morgan fingerprint density at radius 2 is 1.68 bits per heavy atom. The number of fused-ring (bicyclic) bond motifs is 3. The SMILES string of the molecule is CN1C=CN(c2cccc(Sc3[c-]cc4c(c3)c3ccccc3n4-c3[c-]cccc3)c2)[CH-]1.[CH3-].[Pt+4]. The van der Waals surface area contributed by atoms with Crippen LogP contribution in [-0.2, 0) is 21.1 Å². The Morgan fingerprint density at radius 3 is 2.47 bits per heavy atom. The number of rotatable bonds is 4. The van der Waals surface area contributed by atoms with E-state index in [0.29, 0.717) is 0 Å². The zero-order valence-corrected chi connectivity index (χ0v) is 22.0. The minimum atomic E-state index is 0. The first-order chi connectivity index (χ1) is 15.8. The van der Waals surface area contributed by atoms with Crippen molar-refractivity contribution in [3.8, 4) is 5.69 Å². The van der Waals surface area contributed by atoms with E-state index in [0.717, 1.165) is 21.8 Å². The molecule has 0 unspecified atom stereocenters. The number of hydrogen-bond donors (Lipinski definition) is 0. The van der Waals surface area contributed by atoms with Crippen LogP contribution in [0.3, 0.4) is 0 Å². The molecule has 0 bridgehead atoms. The van der Waals surface area contributed by atoms with E-state index in [9.17, 15) is 0 Å². The summed E-state index contributed by atoms with van der Waals surface area (Å²) in [4.78, 5) is 6.46. The van der Waals surface area contributed by atoms with Crippen molar-refractivity contribution in [3.05, 3.63) is 124 Å². The summed E-state index contributed by atoms with van der Waals surface area (Å²) in [6, 6.07) is 36.5. The number of hydrogen-bond acceptors (Lipinski definition) is 3. The Bertz CT molecular complexity index is 1460. The third kappa shape index (κ3) is 4.41. The van der Waals surface area contributed by atoms with E-state index in [1.165, 1.54) is 21.2 Å². The molecule has 5 heteroatoms. The molecule has 6 rings (SSSR count). The van der Waals surface area contributed by atoms with Crippen molar-refractivity contribution in [2.75, 3.05) is 11.9 Å². The molecule has 2 heterocycles. The Morgan fingerprint density at radius 1 is 0.824 bits per heavy atom. The molecular formula is C29H23N3PtS. The average molecular weight is 641 g/mol. The van der Waals surface area contributed by atoms with Crippen molar-refractivity contribution in [3.63, 3.8) is 0 Å². The van der Waals surface area contributed by atoms with Gasteiger partial charge in [-0.25, -0.2) is 0 Å². The van der Waals surface area contributed by atoms with Crippen LogP contribution in [-0.4, -0.2) is 16.5 Å². The molecule has 0 spiro atoms. The molecule has 0 atom stereocenters. The van der Waals surface area contributed by atoms with Crippen LogP contribution >= 0.6 is 11.8 Å². The van der Waals surface area contributed by atoms with Crippen molar-refractivity contribution in [2.45, 2.75) is 9.79 Å². The van der Waals surface area contributed by atoms with Gasteiger partial charge >= 0.3 is 21.1 Å². The Labute approximate surface area is 219 Å². The van der Waals surface area contributed by atoms with E-state index in [2.05, 4.69) is 107 Å². The van der Waals surface area contributed by atoms with Gasteiger partial charge in [-0.3, -0.25) is 0 Å². The third-order valence-electron chi connectivity index (χ3n) is 5.62. The smallest absolute Gasteiger partial charge is 0.510 e. The van der Waals surface area contributed by atoms with Crippen LogP contribution in [0.15, 0.2) is 107 Å². The molecule has 0 N–H and O–H groups in total. The fourth-order valence-electron chi connectivity index (χ4n) is 4.17. The van der Waals surface area contributed by atoms with Gasteiger partial charge in [0.1, 0.15) is 0 Å². The van der Waals surface area contributed by atoms with Gasteiger partial charge in [0.15, 0.2) is 0 Å². The predicted octanol–water partition coefficient (Wildman–Crippen LogP) is 7.33. The van der Waals surface area contributed by atoms with Crippen LogP contribution in [0.1, 0.15) is 0 Å². The van der Waals surface area contributed by atoms with E-state index >= 15 is 0 Å².